The molecule has 8 nitrogen and oxygen atoms in total. The maximum Gasteiger partial charge on any atom is 0.408 e. The fourth-order valence-corrected chi connectivity index (χ4v) is 3.31. The van der Waals surface area contributed by atoms with E-state index in [0.717, 1.165) is 5.56 Å². The van der Waals surface area contributed by atoms with E-state index in [1.807, 2.05) is 30.3 Å². The molecule has 2 atom stereocenters. The number of likely N-dealkylation sites (N-methyl/N-ethyl adjacent to an activating group) is 1. The van der Waals surface area contributed by atoms with Gasteiger partial charge in [0.15, 0.2) is 0 Å². The number of phenols is 1. The number of hydrogen-bond acceptors (Lipinski definition) is 5. The number of nitrogens with one attached hydrogen (secondary N) is 2. The zero-order chi connectivity index (χ0) is 24.6. The molecule has 0 aromatic heterocycles. The number of aromatic hydroxyl groups is 1. The van der Waals surface area contributed by atoms with Crippen molar-refractivity contribution in [3.8, 4) is 5.75 Å². The number of phenolic OH excluding ortho intramolecular Hbond substituents is 1. The summed E-state index contributed by atoms with van der Waals surface area (Å²) in [7, 11) is 0. The minimum absolute atomic E-state index is 0.101. The van der Waals surface area contributed by atoms with Crippen molar-refractivity contribution in [1.82, 2.24) is 15.5 Å². The maximum absolute atomic E-state index is 13.3. The number of nitrogens with zero attached hydrogens (tertiary/aromatic N) is 1. The first-order valence-corrected chi connectivity index (χ1v) is 10.9. The first kappa shape index (κ1) is 25.7. The van der Waals surface area contributed by atoms with E-state index in [1.165, 1.54) is 17.9 Å². The summed E-state index contributed by atoms with van der Waals surface area (Å²) in [6.45, 7) is 8.88. The SMILES string of the molecule is CCN(C(=O)C(C)NC(=O)OC(C)(C)C)C(C(=O)NCc1ccccc1)c1ccccc1O. The summed E-state index contributed by atoms with van der Waals surface area (Å²) in [5.41, 5.74) is 0.478. The highest BCUT2D eigenvalue weighted by molar-refractivity contribution is 5.92. The van der Waals surface area contributed by atoms with E-state index in [1.54, 1.807) is 45.9 Å². The minimum Gasteiger partial charge on any atom is -0.508 e. The molecule has 0 aliphatic rings. The van der Waals surface area contributed by atoms with Gasteiger partial charge in [-0.3, -0.25) is 9.59 Å². The number of ether oxygens (including phenoxy) is 1. The second-order valence-electron chi connectivity index (χ2n) is 8.66. The molecule has 0 saturated carbocycles. The number of hydrogen-bond donors (Lipinski definition) is 3. The lowest BCUT2D eigenvalue weighted by Gasteiger charge is -2.33. The van der Waals surface area contributed by atoms with Gasteiger partial charge in [0.05, 0.1) is 0 Å². The molecule has 0 spiro atoms. The summed E-state index contributed by atoms with van der Waals surface area (Å²) >= 11 is 0. The van der Waals surface area contributed by atoms with Crippen molar-refractivity contribution in [3.05, 3.63) is 65.7 Å². The molecule has 0 fully saturated rings. The van der Waals surface area contributed by atoms with E-state index in [-0.39, 0.29) is 18.8 Å². The summed E-state index contributed by atoms with van der Waals surface area (Å²) in [6, 6.07) is 13.7. The van der Waals surface area contributed by atoms with Crippen LogP contribution in [-0.4, -0.2) is 46.1 Å². The standard InChI is InChI=1S/C25H33N3O5/c1-6-28(23(31)17(2)27-24(32)33-25(3,4)5)21(19-14-10-11-15-20(19)29)22(30)26-16-18-12-8-7-9-13-18/h7-15,17,21,29H,6,16H2,1-5H3,(H,26,30)(H,27,32). The highest BCUT2D eigenvalue weighted by Gasteiger charge is 2.35. The molecular weight excluding hydrogens is 422 g/mol. The van der Waals surface area contributed by atoms with Crippen LogP contribution in [0.15, 0.2) is 54.6 Å². The van der Waals surface area contributed by atoms with Crippen LogP contribution in [0.2, 0.25) is 0 Å². The Morgan fingerprint density at radius 3 is 2.21 bits per heavy atom. The van der Waals surface area contributed by atoms with Gasteiger partial charge in [0.1, 0.15) is 23.4 Å². The molecule has 2 aromatic carbocycles. The Bertz CT molecular complexity index is 956. The molecule has 33 heavy (non-hydrogen) atoms. The van der Waals surface area contributed by atoms with Crippen LogP contribution in [0.4, 0.5) is 4.79 Å². The Hall–Kier alpha value is -3.55. The molecule has 2 unspecified atom stereocenters. The maximum atomic E-state index is 13.3. The summed E-state index contributed by atoms with van der Waals surface area (Å²) < 4.78 is 5.23. The monoisotopic (exact) mass is 455 g/mol. The molecule has 178 valence electrons. The van der Waals surface area contributed by atoms with E-state index in [4.69, 9.17) is 4.74 Å². The fourth-order valence-electron chi connectivity index (χ4n) is 3.31. The van der Waals surface area contributed by atoms with Gasteiger partial charge in [0.2, 0.25) is 11.8 Å². The van der Waals surface area contributed by atoms with Crippen molar-refractivity contribution in [2.75, 3.05) is 6.54 Å². The number of rotatable bonds is 8. The van der Waals surface area contributed by atoms with Gasteiger partial charge in [-0.25, -0.2) is 4.79 Å². The lowest BCUT2D eigenvalue weighted by molar-refractivity contribution is -0.142. The highest BCUT2D eigenvalue weighted by atomic mass is 16.6. The smallest absolute Gasteiger partial charge is 0.408 e. The van der Waals surface area contributed by atoms with Gasteiger partial charge >= 0.3 is 6.09 Å². The normalized spacial score (nSPS) is 12.9. The second-order valence-corrected chi connectivity index (χ2v) is 8.66. The summed E-state index contributed by atoms with van der Waals surface area (Å²) in [5.74, 6) is -1.03. The molecule has 3 N–H and O–H groups in total. The van der Waals surface area contributed by atoms with Crippen molar-refractivity contribution in [2.24, 2.45) is 0 Å². The van der Waals surface area contributed by atoms with Gasteiger partial charge < -0.3 is 25.4 Å². The zero-order valence-electron chi connectivity index (χ0n) is 19.8. The van der Waals surface area contributed by atoms with Crippen LogP contribution >= 0.6 is 0 Å². The highest BCUT2D eigenvalue weighted by Crippen LogP contribution is 2.29. The predicted molar refractivity (Wildman–Crippen MR) is 125 cm³/mol. The Morgan fingerprint density at radius 2 is 1.64 bits per heavy atom. The molecule has 0 heterocycles. The summed E-state index contributed by atoms with van der Waals surface area (Å²) in [5, 5.41) is 15.8. The van der Waals surface area contributed by atoms with Gasteiger partial charge in [0, 0.05) is 18.7 Å². The van der Waals surface area contributed by atoms with E-state index in [9.17, 15) is 19.5 Å². The number of alkyl carbamates (subject to hydrolysis) is 1. The molecule has 3 amide bonds. The van der Waals surface area contributed by atoms with Crippen molar-refractivity contribution >= 4 is 17.9 Å². The molecule has 2 rings (SSSR count). The molecule has 0 aliphatic heterocycles. The van der Waals surface area contributed by atoms with E-state index < -0.39 is 35.6 Å². The van der Waals surface area contributed by atoms with E-state index in [2.05, 4.69) is 10.6 Å². The Balaban J connectivity index is 2.27. The van der Waals surface area contributed by atoms with Crippen LogP contribution in [0.5, 0.6) is 5.75 Å². The Kier molecular flexibility index (Phi) is 8.85. The summed E-state index contributed by atoms with van der Waals surface area (Å²) in [6.07, 6.45) is -0.730. The van der Waals surface area contributed by atoms with Gasteiger partial charge in [-0.15, -0.1) is 0 Å². The number of carbonyl (C=O) groups is 3. The van der Waals surface area contributed by atoms with E-state index in [0.29, 0.717) is 5.56 Å². The topological polar surface area (TPSA) is 108 Å². The van der Waals surface area contributed by atoms with E-state index >= 15 is 0 Å². The van der Waals surface area contributed by atoms with Crippen molar-refractivity contribution in [2.45, 2.75) is 58.8 Å². The average Bonchev–Trinajstić information content (AvgIpc) is 2.75. The molecule has 0 aliphatic carbocycles. The number of benzene rings is 2. The van der Waals surface area contributed by atoms with Gasteiger partial charge in [-0.1, -0.05) is 48.5 Å². The van der Waals surface area contributed by atoms with Crippen LogP contribution in [0.1, 0.15) is 51.8 Å². The van der Waals surface area contributed by atoms with Gasteiger partial charge in [-0.05, 0) is 46.2 Å². The Morgan fingerprint density at radius 1 is 1.03 bits per heavy atom. The first-order chi connectivity index (χ1) is 15.5. The fraction of sp³-hybridized carbons (Fsp3) is 0.400. The molecule has 0 radical (unpaired) electrons. The van der Waals surface area contributed by atoms with Crippen molar-refractivity contribution in [1.29, 1.82) is 0 Å². The van der Waals surface area contributed by atoms with Crippen LogP contribution in [0.25, 0.3) is 0 Å². The third-order valence-corrected chi connectivity index (χ3v) is 4.83. The first-order valence-electron chi connectivity index (χ1n) is 10.9. The molecule has 0 saturated heterocycles. The third-order valence-electron chi connectivity index (χ3n) is 4.83. The van der Waals surface area contributed by atoms with Crippen molar-refractivity contribution < 1.29 is 24.2 Å². The molecule has 0 bridgehead atoms. The lowest BCUT2D eigenvalue weighted by atomic mass is 10.0. The van der Waals surface area contributed by atoms with Crippen LogP contribution in [0, 0.1) is 0 Å². The number of amides is 3. The van der Waals surface area contributed by atoms with Crippen LogP contribution in [-0.2, 0) is 20.9 Å². The Labute approximate surface area is 194 Å². The van der Waals surface area contributed by atoms with Crippen LogP contribution < -0.4 is 10.6 Å². The molecule has 2 aromatic rings. The predicted octanol–water partition coefficient (Wildman–Crippen LogP) is 3.51. The third kappa shape index (κ3) is 7.52. The minimum atomic E-state index is -1.09. The zero-order valence-corrected chi connectivity index (χ0v) is 19.8. The largest absolute Gasteiger partial charge is 0.508 e. The quantitative estimate of drug-likeness (QED) is 0.565. The number of para-hydroxylation sites is 1. The second kappa shape index (κ2) is 11.4. The lowest BCUT2D eigenvalue weighted by Crippen LogP contribution is -2.51. The average molecular weight is 456 g/mol. The van der Waals surface area contributed by atoms with Crippen LogP contribution in [0.3, 0.4) is 0 Å². The molecule has 8 heteroatoms. The number of carbonyl (C=O) groups excluding carboxylic acids is 3. The summed E-state index contributed by atoms with van der Waals surface area (Å²) in [4.78, 5) is 40.0. The van der Waals surface area contributed by atoms with Gasteiger partial charge in [0.25, 0.3) is 0 Å². The van der Waals surface area contributed by atoms with Gasteiger partial charge in [-0.2, -0.15) is 0 Å². The van der Waals surface area contributed by atoms with Crippen molar-refractivity contribution in [3.63, 3.8) is 0 Å². The molecular formula is C25H33N3O5.